The molecule has 1 aliphatic heterocycles. The number of likely N-dealkylation sites (tertiary alicyclic amines) is 1. The van der Waals surface area contributed by atoms with E-state index in [1.165, 1.54) is 0 Å². The van der Waals surface area contributed by atoms with E-state index in [1.54, 1.807) is 12.6 Å². The van der Waals surface area contributed by atoms with E-state index in [0.717, 1.165) is 49.7 Å². The Kier molecular flexibility index (Phi) is 3.92. The smallest absolute Gasteiger partial charge is 0.129 e. The Morgan fingerprint density at radius 1 is 1.35 bits per heavy atom. The average molecular weight is 273 g/mol. The van der Waals surface area contributed by atoms with Crippen LogP contribution in [-0.4, -0.2) is 39.2 Å². The standard InChI is InChI=1S/C14H19N5O/c1-11-8-14(16-10-15-11)17-12-2-5-19(6-3-12)9-13-4-7-20-18-13/h4,7-8,10,12H,2-3,5-6,9H2,1H3,(H,15,16,17). The third kappa shape index (κ3) is 3.33. The average Bonchev–Trinajstić information content (AvgIpc) is 2.94. The van der Waals surface area contributed by atoms with E-state index >= 15 is 0 Å². The maximum absolute atomic E-state index is 4.86. The van der Waals surface area contributed by atoms with Crippen LogP contribution in [0.15, 0.2) is 29.2 Å². The summed E-state index contributed by atoms with van der Waals surface area (Å²) in [6.45, 7) is 4.98. The van der Waals surface area contributed by atoms with Crippen molar-refractivity contribution in [2.24, 2.45) is 0 Å². The zero-order valence-electron chi connectivity index (χ0n) is 11.6. The van der Waals surface area contributed by atoms with Gasteiger partial charge in [-0.1, -0.05) is 5.16 Å². The summed E-state index contributed by atoms with van der Waals surface area (Å²) in [5.41, 5.74) is 1.99. The van der Waals surface area contributed by atoms with Crippen LogP contribution < -0.4 is 5.32 Å². The van der Waals surface area contributed by atoms with Gasteiger partial charge >= 0.3 is 0 Å². The Balaban J connectivity index is 1.48. The molecule has 106 valence electrons. The molecular formula is C14H19N5O. The van der Waals surface area contributed by atoms with Crippen LogP contribution in [0, 0.1) is 6.92 Å². The molecule has 2 aromatic rings. The molecule has 1 N–H and O–H groups in total. The predicted molar refractivity (Wildman–Crippen MR) is 75.2 cm³/mol. The van der Waals surface area contributed by atoms with Gasteiger partial charge in [-0.15, -0.1) is 0 Å². The Labute approximate surface area is 118 Å². The van der Waals surface area contributed by atoms with Gasteiger partial charge in [0.25, 0.3) is 0 Å². The SMILES string of the molecule is Cc1cc(NC2CCN(Cc3ccon3)CC2)ncn1. The second-order valence-electron chi connectivity index (χ2n) is 5.23. The first-order valence-corrected chi connectivity index (χ1v) is 6.96. The van der Waals surface area contributed by atoms with Crippen LogP contribution in [0.3, 0.4) is 0 Å². The summed E-state index contributed by atoms with van der Waals surface area (Å²) >= 11 is 0. The van der Waals surface area contributed by atoms with Crippen molar-refractivity contribution >= 4 is 5.82 Å². The summed E-state index contributed by atoms with van der Waals surface area (Å²) < 4.78 is 4.86. The van der Waals surface area contributed by atoms with E-state index in [0.29, 0.717) is 6.04 Å². The largest absolute Gasteiger partial charge is 0.367 e. The van der Waals surface area contributed by atoms with Crippen LogP contribution >= 0.6 is 0 Å². The fourth-order valence-electron chi connectivity index (χ4n) is 2.53. The van der Waals surface area contributed by atoms with Gasteiger partial charge in [-0.25, -0.2) is 9.97 Å². The summed E-state index contributed by atoms with van der Waals surface area (Å²) in [6.07, 6.45) is 5.46. The molecule has 0 saturated carbocycles. The van der Waals surface area contributed by atoms with Gasteiger partial charge in [-0.3, -0.25) is 4.90 Å². The number of aryl methyl sites for hydroxylation is 1. The van der Waals surface area contributed by atoms with Gasteiger partial charge in [0.15, 0.2) is 0 Å². The molecule has 20 heavy (non-hydrogen) atoms. The molecule has 2 aromatic heterocycles. The normalized spacial score (nSPS) is 17.2. The number of rotatable bonds is 4. The van der Waals surface area contributed by atoms with E-state index in [1.807, 2.05) is 19.1 Å². The summed E-state index contributed by atoms with van der Waals surface area (Å²) in [5, 5.41) is 7.45. The molecule has 6 nitrogen and oxygen atoms in total. The molecule has 0 amide bonds. The monoisotopic (exact) mass is 273 g/mol. The minimum absolute atomic E-state index is 0.484. The van der Waals surface area contributed by atoms with Crippen molar-refractivity contribution in [2.45, 2.75) is 32.4 Å². The highest BCUT2D eigenvalue weighted by molar-refractivity contribution is 5.35. The van der Waals surface area contributed by atoms with Crippen LogP contribution in [0.5, 0.6) is 0 Å². The first-order valence-electron chi connectivity index (χ1n) is 6.96. The van der Waals surface area contributed by atoms with Gasteiger partial charge in [0.1, 0.15) is 18.4 Å². The van der Waals surface area contributed by atoms with Crippen LogP contribution in [0.4, 0.5) is 5.82 Å². The molecule has 0 unspecified atom stereocenters. The highest BCUT2D eigenvalue weighted by Crippen LogP contribution is 2.16. The number of nitrogens with zero attached hydrogens (tertiary/aromatic N) is 4. The van der Waals surface area contributed by atoms with Crippen LogP contribution in [0.2, 0.25) is 0 Å². The number of piperidine rings is 1. The Morgan fingerprint density at radius 3 is 2.90 bits per heavy atom. The highest BCUT2D eigenvalue weighted by Gasteiger charge is 2.20. The van der Waals surface area contributed by atoms with E-state index in [9.17, 15) is 0 Å². The van der Waals surface area contributed by atoms with E-state index in [2.05, 4.69) is 25.3 Å². The van der Waals surface area contributed by atoms with Crippen molar-refractivity contribution in [1.82, 2.24) is 20.0 Å². The molecule has 6 heteroatoms. The second-order valence-corrected chi connectivity index (χ2v) is 5.23. The zero-order chi connectivity index (χ0) is 13.8. The molecule has 1 aliphatic rings. The van der Waals surface area contributed by atoms with Crippen molar-refractivity contribution in [3.8, 4) is 0 Å². The molecule has 1 saturated heterocycles. The Hall–Kier alpha value is -1.95. The fourth-order valence-corrected chi connectivity index (χ4v) is 2.53. The Bertz CT molecular complexity index is 534. The summed E-state index contributed by atoms with van der Waals surface area (Å²) in [4.78, 5) is 10.8. The van der Waals surface area contributed by atoms with Crippen molar-refractivity contribution in [3.63, 3.8) is 0 Å². The molecule has 0 bridgehead atoms. The maximum atomic E-state index is 4.86. The molecule has 1 fully saturated rings. The lowest BCUT2D eigenvalue weighted by atomic mass is 10.0. The summed E-state index contributed by atoms with van der Waals surface area (Å²) in [7, 11) is 0. The molecule has 3 rings (SSSR count). The number of hydrogen-bond donors (Lipinski definition) is 1. The lowest BCUT2D eigenvalue weighted by Crippen LogP contribution is -2.38. The van der Waals surface area contributed by atoms with Gasteiger partial charge in [0, 0.05) is 43.5 Å². The van der Waals surface area contributed by atoms with Gasteiger partial charge in [0.2, 0.25) is 0 Å². The van der Waals surface area contributed by atoms with Crippen molar-refractivity contribution < 1.29 is 4.52 Å². The summed E-state index contributed by atoms with van der Waals surface area (Å²) in [6, 6.07) is 4.40. The van der Waals surface area contributed by atoms with E-state index < -0.39 is 0 Å². The third-order valence-corrected chi connectivity index (χ3v) is 3.62. The maximum Gasteiger partial charge on any atom is 0.129 e. The summed E-state index contributed by atoms with van der Waals surface area (Å²) in [5.74, 6) is 0.924. The fraction of sp³-hybridized carbons (Fsp3) is 0.500. The quantitative estimate of drug-likeness (QED) is 0.917. The number of aromatic nitrogens is 3. The number of nitrogens with one attached hydrogen (secondary N) is 1. The van der Waals surface area contributed by atoms with Crippen molar-refractivity contribution in [3.05, 3.63) is 36.1 Å². The van der Waals surface area contributed by atoms with Crippen LogP contribution in [0.1, 0.15) is 24.2 Å². The highest BCUT2D eigenvalue weighted by atomic mass is 16.5. The Morgan fingerprint density at radius 2 is 2.20 bits per heavy atom. The second kappa shape index (κ2) is 6.00. The molecule has 0 spiro atoms. The molecule has 3 heterocycles. The molecule has 0 atom stereocenters. The molecule has 0 aromatic carbocycles. The lowest BCUT2D eigenvalue weighted by molar-refractivity contribution is 0.206. The topological polar surface area (TPSA) is 67.1 Å². The van der Waals surface area contributed by atoms with Crippen molar-refractivity contribution in [2.75, 3.05) is 18.4 Å². The van der Waals surface area contributed by atoms with Gasteiger partial charge in [-0.05, 0) is 19.8 Å². The minimum atomic E-state index is 0.484. The molecule has 0 aliphatic carbocycles. The minimum Gasteiger partial charge on any atom is -0.367 e. The van der Waals surface area contributed by atoms with E-state index in [-0.39, 0.29) is 0 Å². The molecular weight excluding hydrogens is 254 g/mol. The zero-order valence-corrected chi connectivity index (χ0v) is 11.6. The van der Waals surface area contributed by atoms with Crippen LogP contribution in [-0.2, 0) is 6.54 Å². The van der Waals surface area contributed by atoms with Crippen molar-refractivity contribution in [1.29, 1.82) is 0 Å². The lowest BCUT2D eigenvalue weighted by Gasteiger charge is -2.32. The predicted octanol–water partition coefficient (Wildman–Crippen LogP) is 1.85. The first-order chi connectivity index (χ1) is 9.79. The van der Waals surface area contributed by atoms with Gasteiger partial charge in [-0.2, -0.15) is 0 Å². The van der Waals surface area contributed by atoms with Gasteiger partial charge in [0.05, 0.1) is 5.69 Å². The third-order valence-electron chi connectivity index (χ3n) is 3.62. The number of hydrogen-bond acceptors (Lipinski definition) is 6. The number of anilines is 1. The van der Waals surface area contributed by atoms with Crippen LogP contribution in [0.25, 0.3) is 0 Å². The van der Waals surface area contributed by atoms with Gasteiger partial charge < -0.3 is 9.84 Å². The van der Waals surface area contributed by atoms with E-state index in [4.69, 9.17) is 4.52 Å². The molecule has 0 radical (unpaired) electrons. The first kappa shape index (κ1) is 13.1.